The third kappa shape index (κ3) is 4.20. The highest BCUT2D eigenvalue weighted by Crippen LogP contribution is 2.01. The van der Waals surface area contributed by atoms with E-state index in [0.717, 1.165) is 6.42 Å². The summed E-state index contributed by atoms with van der Waals surface area (Å²) < 4.78 is 4.86. The van der Waals surface area contributed by atoms with Crippen molar-refractivity contribution < 1.29 is 14.3 Å². The van der Waals surface area contributed by atoms with Gasteiger partial charge in [0.2, 0.25) is 0 Å². The van der Waals surface area contributed by atoms with Crippen molar-refractivity contribution in [3.05, 3.63) is 29.6 Å². The Labute approximate surface area is 99.2 Å². The Morgan fingerprint density at radius 1 is 1.53 bits per heavy atom. The third-order valence-corrected chi connectivity index (χ3v) is 2.09. The summed E-state index contributed by atoms with van der Waals surface area (Å²) in [5.74, 6) is -0.912. The minimum absolute atomic E-state index is 0.0783. The number of primary amides is 1. The van der Waals surface area contributed by atoms with Crippen molar-refractivity contribution in [1.82, 2.24) is 10.3 Å². The lowest BCUT2D eigenvalue weighted by atomic mass is 10.2. The Morgan fingerprint density at radius 3 is 2.94 bits per heavy atom. The molecule has 1 heterocycles. The average molecular weight is 237 g/mol. The molecule has 0 spiro atoms. The molecule has 0 radical (unpaired) electrons. The van der Waals surface area contributed by atoms with E-state index < -0.39 is 5.91 Å². The molecule has 1 rings (SSSR count). The Hall–Kier alpha value is -1.95. The maximum absolute atomic E-state index is 11.7. The van der Waals surface area contributed by atoms with Crippen LogP contribution < -0.4 is 11.1 Å². The van der Waals surface area contributed by atoms with E-state index in [1.165, 1.54) is 18.3 Å². The molecule has 0 saturated carbocycles. The van der Waals surface area contributed by atoms with Gasteiger partial charge in [-0.1, -0.05) is 0 Å². The maximum atomic E-state index is 11.7. The molecule has 6 heteroatoms. The smallest absolute Gasteiger partial charge is 0.267 e. The minimum atomic E-state index is -0.654. The van der Waals surface area contributed by atoms with Gasteiger partial charge in [0, 0.05) is 32.0 Å². The fourth-order valence-electron chi connectivity index (χ4n) is 1.23. The SMILES string of the molecule is COCCCNC(=O)c1ccnc(C(N)=O)c1. The predicted molar refractivity (Wildman–Crippen MR) is 61.6 cm³/mol. The summed E-state index contributed by atoms with van der Waals surface area (Å²) in [5, 5.41) is 2.70. The lowest BCUT2D eigenvalue weighted by Crippen LogP contribution is -2.25. The zero-order chi connectivity index (χ0) is 12.7. The molecule has 0 aromatic carbocycles. The van der Waals surface area contributed by atoms with Gasteiger partial charge in [-0.3, -0.25) is 14.6 Å². The summed E-state index contributed by atoms with van der Waals surface area (Å²) in [7, 11) is 1.60. The van der Waals surface area contributed by atoms with E-state index in [1.54, 1.807) is 7.11 Å². The van der Waals surface area contributed by atoms with Gasteiger partial charge in [0.1, 0.15) is 5.69 Å². The lowest BCUT2D eigenvalue weighted by molar-refractivity contribution is 0.0948. The molecular weight excluding hydrogens is 222 g/mol. The van der Waals surface area contributed by atoms with E-state index in [2.05, 4.69) is 10.3 Å². The zero-order valence-corrected chi connectivity index (χ0v) is 9.60. The fraction of sp³-hybridized carbons (Fsp3) is 0.364. The first kappa shape index (κ1) is 13.1. The molecule has 0 bridgehead atoms. The second kappa shape index (κ2) is 6.59. The fourth-order valence-corrected chi connectivity index (χ4v) is 1.23. The van der Waals surface area contributed by atoms with Gasteiger partial charge in [0.25, 0.3) is 11.8 Å². The number of carbonyl (C=O) groups is 2. The third-order valence-electron chi connectivity index (χ3n) is 2.09. The van der Waals surface area contributed by atoms with Crippen molar-refractivity contribution in [2.45, 2.75) is 6.42 Å². The van der Waals surface area contributed by atoms with Crippen LogP contribution in [0.2, 0.25) is 0 Å². The van der Waals surface area contributed by atoms with Crippen LogP contribution in [0.15, 0.2) is 18.3 Å². The number of hydrogen-bond acceptors (Lipinski definition) is 4. The quantitative estimate of drug-likeness (QED) is 0.678. The number of aromatic nitrogens is 1. The van der Waals surface area contributed by atoms with Crippen LogP contribution in [0, 0.1) is 0 Å². The van der Waals surface area contributed by atoms with E-state index in [-0.39, 0.29) is 11.6 Å². The van der Waals surface area contributed by atoms with Crippen LogP contribution >= 0.6 is 0 Å². The predicted octanol–water partition coefficient (Wildman–Crippen LogP) is -0.0532. The molecule has 2 amide bonds. The van der Waals surface area contributed by atoms with E-state index in [1.807, 2.05) is 0 Å². The first-order valence-electron chi connectivity index (χ1n) is 5.18. The number of rotatable bonds is 6. The van der Waals surface area contributed by atoms with Crippen LogP contribution in [0.25, 0.3) is 0 Å². The standard InChI is InChI=1S/C11H15N3O3/c1-17-6-2-4-14-11(16)8-3-5-13-9(7-8)10(12)15/h3,5,7H,2,4,6H2,1H3,(H2,12,15)(H,14,16). The second-order valence-corrected chi connectivity index (χ2v) is 3.40. The summed E-state index contributed by atoms with van der Waals surface area (Å²) >= 11 is 0. The Bertz CT molecular complexity index is 407. The van der Waals surface area contributed by atoms with Gasteiger partial charge in [-0.15, -0.1) is 0 Å². The number of ether oxygens (including phenoxy) is 1. The van der Waals surface area contributed by atoms with Crippen LogP contribution in [0.5, 0.6) is 0 Å². The number of nitrogens with zero attached hydrogens (tertiary/aromatic N) is 1. The maximum Gasteiger partial charge on any atom is 0.267 e. The van der Waals surface area contributed by atoms with E-state index in [4.69, 9.17) is 10.5 Å². The number of nitrogens with one attached hydrogen (secondary N) is 1. The van der Waals surface area contributed by atoms with Gasteiger partial charge in [0.15, 0.2) is 0 Å². The summed E-state index contributed by atoms with van der Waals surface area (Å²) in [5.41, 5.74) is 5.52. The molecule has 17 heavy (non-hydrogen) atoms. The van der Waals surface area contributed by atoms with Crippen molar-refractivity contribution in [2.75, 3.05) is 20.3 Å². The highest BCUT2D eigenvalue weighted by Gasteiger charge is 2.08. The lowest BCUT2D eigenvalue weighted by Gasteiger charge is -2.05. The molecular formula is C11H15N3O3. The number of pyridine rings is 1. The summed E-state index contributed by atoms with van der Waals surface area (Å²) in [6, 6.07) is 2.89. The number of nitrogens with two attached hydrogens (primary N) is 1. The largest absolute Gasteiger partial charge is 0.385 e. The van der Waals surface area contributed by atoms with Crippen LogP contribution in [0.4, 0.5) is 0 Å². The molecule has 0 saturated heterocycles. The molecule has 0 aliphatic heterocycles. The van der Waals surface area contributed by atoms with E-state index >= 15 is 0 Å². The Balaban J connectivity index is 2.56. The molecule has 6 nitrogen and oxygen atoms in total. The Morgan fingerprint density at radius 2 is 2.29 bits per heavy atom. The topological polar surface area (TPSA) is 94.3 Å². The molecule has 0 unspecified atom stereocenters. The Kier molecular flexibility index (Phi) is 5.09. The number of amides is 2. The van der Waals surface area contributed by atoms with Gasteiger partial charge in [-0.05, 0) is 18.6 Å². The van der Waals surface area contributed by atoms with Crippen molar-refractivity contribution in [1.29, 1.82) is 0 Å². The van der Waals surface area contributed by atoms with Crippen molar-refractivity contribution >= 4 is 11.8 Å². The molecule has 3 N–H and O–H groups in total. The molecule has 1 aromatic rings. The first-order chi connectivity index (χ1) is 8.15. The summed E-state index contributed by atoms with van der Waals surface area (Å²) in [4.78, 5) is 26.3. The van der Waals surface area contributed by atoms with Crippen molar-refractivity contribution in [2.24, 2.45) is 5.73 Å². The van der Waals surface area contributed by atoms with Gasteiger partial charge < -0.3 is 15.8 Å². The number of carbonyl (C=O) groups excluding carboxylic acids is 2. The minimum Gasteiger partial charge on any atom is -0.385 e. The van der Waals surface area contributed by atoms with Crippen molar-refractivity contribution in [3.63, 3.8) is 0 Å². The molecule has 0 atom stereocenters. The second-order valence-electron chi connectivity index (χ2n) is 3.40. The zero-order valence-electron chi connectivity index (χ0n) is 9.60. The van der Waals surface area contributed by atoms with Crippen LogP contribution in [-0.2, 0) is 4.74 Å². The highest BCUT2D eigenvalue weighted by molar-refractivity contribution is 5.97. The summed E-state index contributed by atoms with van der Waals surface area (Å²) in [6.07, 6.45) is 2.11. The number of hydrogen-bond donors (Lipinski definition) is 2. The first-order valence-corrected chi connectivity index (χ1v) is 5.18. The molecule has 0 fully saturated rings. The van der Waals surface area contributed by atoms with Gasteiger partial charge in [-0.2, -0.15) is 0 Å². The summed E-state index contributed by atoms with van der Waals surface area (Å²) in [6.45, 7) is 1.10. The molecule has 0 aliphatic rings. The van der Waals surface area contributed by atoms with Crippen LogP contribution in [0.3, 0.4) is 0 Å². The van der Waals surface area contributed by atoms with Crippen molar-refractivity contribution in [3.8, 4) is 0 Å². The van der Waals surface area contributed by atoms with Gasteiger partial charge >= 0.3 is 0 Å². The monoisotopic (exact) mass is 237 g/mol. The van der Waals surface area contributed by atoms with Gasteiger partial charge in [-0.25, -0.2) is 0 Å². The van der Waals surface area contributed by atoms with E-state index in [0.29, 0.717) is 18.7 Å². The molecule has 1 aromatic heterocycles. The van der Waals surface area contributed by atoms with E-state index in [9.17, 15) is 9.59 Å². The normalized spacial score (nSPS) is 9.94. The van der Waals surface area contributed by atoms with Crippen LogP contribution in [0.1, 0.15) is 27.3 Å². The molecule has 92 valence electrons. The number of methoxy groups -OCH3 is 1. The molecule has 0 aliphatic carbocycles. The highest BCUT2D eigenvalue weighted by atomic mass is 16.5. The van der Waals surface area contributed by atoms with Gasteiger partial charge in [0.05, 0.1) is 0 Å². The van der Waals surface area contributed by atoms with Crippen LogP contribution in [-0.4, -0.2) is 37.1 Å². The average Bonchev–Trinajstić information content (AvgIpc) is 2.34.